The maximum Gasteiger partial charge on any atom is 0.351 e. The summed E-state index contributed by atoms with van der Waals surface area (Å²) >= 11 is 0. The van der Waals surface area contributed by atoms with E-state index in [0.29, 0.717) is 0 Å². The van der Waals surface area contributed by atoms with Crippen molar-refractivity contribution in [2.45, 2.75) is 6.92 Å². The van der Waals surface area contributed by atoms with Crippen molar-refractivity contribution < 1.29 is 19.2 Å². The van der Waals surface area contributed by atoms with Gasteiger partial charge in [-0.15, -0.1) is 0 Å². The van der Waals surface area contributed by atoms with E-state index in [2.05, 4.69) is 0 Å². The van der Waals surface area contributed by atoms with E-state index in [9.17, 15) is 19.7 Å². The summed E-state index contributed by atoms with van der Waals surface area (Å²) in [6.07, 6.45) is 0. The molecule has 0 spiro atoms. The SMILES string of the molecule is Cc1c(C(=O)O)c(=O)oc2ccc([N+](=O)[O-])cc12. The molecule has 7 heteroatoms. The number of rotatable bonds is 2. The number of aromatic carboxylic acids is 1. The summed E-state index contributed by atoms with van der Waals surface area (Å²) in [6.45, 7) is 1.41. The van der Waals surface area contributed by atoms with Gasteiger partial charge in [0.15, 0.2) is 0 Å². The molecule has 2 aromatic rings. The lowest BCUT2D eigenvalue weighted by molar-refractivity contribution is -0.384. The van der Waals surface area contributed by atoms with Gasteiger partial charge in [-0.25, -0.2) is 9.59 Å². The summed E-state index contributed by atoms with van der Waals surface area (Å²) in [5.41, 5.74) is -1.41. The van der Waals surface area contributed by atoms with Crippen LogP contribution in [-0.2, 0) is 0 Å². The molecule has 0 saturated heterocycles. The second-order valence-corrected chi connectivity index (χ2v) is 3.63. The molecule has 92 valence electrons. The van der Waals surface area contributed by atoms with Crippen LogP contribution in [0.15, 0.2) is 27.4 Å². The minimum atomic E-state index is -1.42. The Kier molecular flexibility index (Phi) is 2.59. The number of carboxylic acid groups (broad SMARTS) is 1. The minimum absolute atomic E-state index is 0.119. The molecule has 2 rings (SSSR count). The number of fused-ring (bicyclic) bond motifs is 1. The quantitative estimate of drug-likeness (QED) is 0.492. The molecule has 0 fully saturated rings. The van der Waals surface area contributed by atoms with Crippen LogP contribution in [0.5, 0.6) is 0 Å². The Hall–Kier alpha value is -2.70. The molecule has 7 nitrogen and oxygen atoms in total. The second kappa shape index (κ2) is 3.95. The number of benzene rings is 1. The molecule has 1 aromatic carbocycles. The fourth-order valence-corrected chi connectivity index (χ4v) is 1.70. The maximum absolute atomic E-state index is 11.4. The van der Waals surface area contributed by atoms with Gasteiger partial charge in [-0.2, -0.15) is 0 Å². The summed E-state index contributed by atoms with van der Waals surface area (Å²) in [6, 6.07) is 3.64. The zero-order chi connectivity index (χ0) is 13.4. The normalized spacial score (nSPS) is 10.5. The van der Waals surface area contributed by atoms with Gasteiger partial charge in [0.2, 0.25) is 0 Å². The number of aryl methyl sites for hydroxylation is 1. The van der Waals surface area contributed by atoms with Gasteiger partial charge in [-0.3, -0.25) is 10.1 Å². The van der Waals surface area contributed by atoms with Gasteiger partial charge >= 0.3 is 11.6 Å². The lowest BCUT2D eigenvalue weighted by atomic mass is 10.1. The van der Waals surface area contributed by atoms with Crippen LogP contribution in [0.4, 0.5) is 5.69 Å². The lowest BCUT2D eigenvalue weighted by Crippen LogP contribution is -2.15. The van der Waals surface area contributed by atoms with Crippen molar-refractivity contribution in [3.8, 4) is 0 Å². The van der Waals surface area contributed by atoms with E-state index in [1.54, 1.807) is 0 Å². The molecule has 18 heavy (non-hydrogen) atoms. The molecule has 0 radical (unpaired) electrons. The van der Waals surface area contributed by atoms with Gasteiger partial charge in [-0.1, -0.05) is 0 Å². The summed E-state index contributed by atoms with van der Waals surface area (Å²) in [7, 11) is 0. The topological polar surface area (TPSA) is 111 Å². The standard InChI is InChI=1S/C11H7NO6/c1-5-7-4-6(12(16)17)2-3-8(7)18-11(15)9(5)10(13)14/h2-4H,1H3,(H,13,14). The van der Waals surface area contributed by atoms with Crippen LogP contribution >= 0.6 is 0 Å². The molecule has 1 heterocycles. The van der Waals surface area contributed by atoms with Crippen LogP contribution in [-0.4, -0.2) is 16.0 Å². The Labute approximate surface area is 99.4 Å². The molecule has 0 aliphatic heterocycles. The zero-order valence-electron chi connectivity index (χ0n) is 9.17. The Morgan fingerprint density at radius 2 is 2.11 bits per heavy atom. The monoisotopic (exact) mass is 249 g/mol. The predicted molar refractivity (Wildman–Crippen MR) is 60.8 cm³/mol. The third kappa shape index (κ3) is 1.71. The van der Waals surface area contributed by atoms with Crippen molar-refractivity contribution in [2.75, 3.05) is 0 Å². The highest BCUT2D eigenvalue weighted by molar-refractivity contribution is 5.95. The van der Waals surface area contributed by atoms with Gasteiger partial charge < -0.3 is 9.52 Å². The van der Waals surface area contributed by atoms with E-state index in [1.807, 2.05) is 0 Å². The smallest absolute Gasteiger partial charge is 0.351 e. The largest absolute Gasteiger partial charge is 0.477 e. The van der Waals surface area contributed by atoms with Crippen LogP contribution in [0.2, 0.25) is 0 Å². The van der Waals surface area contributed by atoms with Crippen molar-refractivity contribution in [2.24, 2.45) is 0 Å². The molecule has 0 atom stereocenters. The van der Waals surface area contributed by atoms with Gasteiger partial charge in [0.1, 0.15) is 11.1 Å². The van der Waals surface area contributed by atoms with E-state index in [1.165, 1.54) is 25.1 Å². The predicted octanol–water partition coefficient (Wildman–Crippen LogP) is 1.71. The number of nitro benzene ring substituents is 1. The van der Waals surface area contributed by atoms with Gasteiger partial charge in [0.05, 0.1) is 4.92 Å². The highest BCUT2D eigenvalue weighted by atomic mass is 16.6. The molecular formula is C11H7NO6. The number of nitro groups is 1. The van der Waals surface area contributed by atoms with E-state index >= 15 is 0 Å². The first-order valence-corrected chi connectivity index (χ1v) is 4.87. The van der Waals surface area contributed by atoms with Crippen LogP contribution in [0.3, 0.4) is 0 Å². The van der Waals surface area contributed by atoms with E-state index in [4.69, 9.17) is 9.52 Å². The molecule has 0 unspecified atom stereocenters. The van der Waals surface area contributed by atoms with Crippen molar-refractivity contribution >= 4 is 22.6 Å². The molecule has 0 bridgehead atoms. The summed E-state index contributed by atoms with van der Waals surface area (Å²) in [5, 5.41) is 19.8. The van der Waals surface area contributed by atoms with Crippen LogP contribution < -0.4 is 5.63 Å². The Morgan fingerprint density at radius 3 is 2.67 bits per heavy atom. The average molecular weight is 249 g/mol. The number of carboxylic acids is 1. The maximum atomic E-state index is 11.4. The highest BCUT2D eigenvalue weighted by Gasteiger charge is 2.19. The molecule has 1 N–H and O–H groups in total. The Morgan fingerprint density at radius 1 is 1.44 bits per heavy atom. The van der Waals surface area contributed by atoms with Gasteiger partial charge in [0.25, 0.3) is 5.69 Å². The number of hydrogen-bond acceptors (Lipinski definition) is 5. The van der Waals surface area contributed by atoms with Crippen molar-refractivity contribution in [1.29, 1.82) is 0 Å². The van der Waals surface area contributed by atoms with E-state index < -0.39 is 22.1 Å². The lowest BCUT2D eigenvalue weighted by Gasteiger charge is -2.03. The number of nitrogens with zero attached hydrogens (tertiary/aromatic N) is 1. The summed E-state index contributed by atoms with van der Waals surface area (Å²) in [5.74, 6) is -1.42. The molecule has 1 aromatic heterocycles. The Balaban J connectivity index is 2.90. The van der Waals surface area contributed by atoms with Crippen LogP contribution in [0.1, 0.15) is 15.9 Å². The molecule has 0 amide bonds. The molecular weight excluding hydrogens is 242 g/mol. The first kappa shape index (κ1) is 11.8. The zero-order valence-corrected chi connectivity index (χ0v) is 9.17. The van der Waals surface area contributed by atoms with Crippen molar-refractivity contribution in [1.82, 2.24) is 0 Å². The molecule has 0 aliphatic rings. The minimum Gasteiger partial charge on any atom is -0.477 e. The van der Waals surface area contributed by atoms with Crippen molar-refractivity contribution in [3.63, 3.8) is 0 Å². The number of carbonyl (C=O) groups is 1. The fraction of sp³-hybridized carbons (Fsp3) is 0.0909. The second-order valence-electron chi connectivity index (χ2n) is 3.63. The number of non-ortho nitro benzene ring substituents is 1. The first-order chi connectivity index (χ1) is 8.41. The van der Waals surface area contributed by atoms with Crippen LogP contribution in [0.25, 0.3) is 11.0 Å². The molecule has 0 aliphatic carbocycles. The van der Waals surface area contributed by atoms with Gasteiger partial charge in [-0.05, 0) is 18.6 Å². The van der Waals surface area contributed by atoms with E-state index in [0.717, 1.165) is 0 Å². The molecule has 0 saturated carbocycles. The van der Waals surface area contributed by atoms with Crippen LogP contribution in [0, 0.1) is 17.0 Å². The summed E-state index contributed by atoms with van der Waals surface area (Å²) < 4.78 is 4.81. The van der Waals surface area contributed by atoms with Gasteiger partial charge in [0, 0.05) is 17.5 Å². The Bertz CT molecular complexity index is 730. The average Bonchev–Trinajstić information content (AvgIpc) is 2.27. The third-order valence-corrected chi connectivity index (χ3v) is 2.57. The van der Waals surface area contributed by atoms with E-state index in [-0.39, 0.29) is 22.2 Å². The fourth-order valence-electron chi connectivity index (χ4n) is 1.70. The summed E-state index contributed by atoms with van der Waals surface area (Å²) in [4.78, 5) is 32.4. The highest BCUT2D eigenvalue weighted by Crippen LogP contribution is 2.24. The number of hydrogen-bond donors (Lipinski definition) is 1. The van der Waals surface area contributed by atoms with Crippen molar-refractivity contribution in [3.05, 3.63) is 49.9 Å². The first-order valence-electron chi connectivity index (χ1n) is 4.87. The third-order valence-electron chi connectivity index (χ3n) is 2.57.